The standard InChI is InChI=1S/C17H19BrN2O3S/c1-20(13-14-7-9-15(18)10-8-14)17(21)11-12-19-24(22,23)16-5-3-2-4-6-16/h2-10,19H,11-13H2,1H3. The largest absolute Gasteiger partial charge is 0.341 e. The molecule has 1 N–H and O–H groups in total. The summed E-state index contributed by atoms with van der Waals surface area (Å²) >= 11 is 3.37. The summed E-state index contributed by atoms with van der Waals surface area (Å²) < 4.78 is 27.6. The molecule has 0 saturated carbocycles. The average Bonchev–Trinajstić information content (AvgIpc) is 2.57. The molecule has 0 bridgehead atoms. The van der Waals surface area contributed by atoms with Crippen molar-refractivity contribution >= 4 is 31.9 Å². The van der Waals surface area contributed by atoms with Crippen molar-refractivity contribution in [2.24, 2.45) is 0 Å². The Morgan fingerprint density at radius 2 is 1.71 bits per heavy atom. The zero-order valence-electron chi connectivity index (χ0n) is 13.3. The molecule has 0 heterocycles. The lowest BCUT2D eigenvalue weighted by molar-refractivity contribution is -0.130. The third-order valence-electron chi connectivity index (χ3n) is 3.44. The fourth-order valence-corrected chi connectivity index (χ4v) is 3.44. The molecule has 0 atom stereocenters. The highest BCUT2D eigenvalue weighted by Crippen LogP contribution is 2.12. The smallest absolute Gasteiger partial charge is 0.240 e. The topological polar surface area (TPSA) is 66.5 Å². The van der Waals surface area contributed by atoms with Gasteiger partial charge in [0.1, 0.15) is 0 Å². The van der Waals surface area contributed by atoms with Crippen molar-refractivity contribution in [1.29, 1.82) is 0 Å². The van der Waals surface area contributed by atoms with Crippen molar-refractivity contribution in [3.63, 3.8) is 0 Å². The molecule has 0 spiro atoms. The molecule has 5 nitrogen and oxygen atoms in total. The van der Waals surface area contributed by atoms with Gasteiger partial charge in [0.05, 0.1) is 4.90 Å². The molecule has 7 heteroatoms. The Labute approximate surface area is 150 Å². The van der Waals surface area contributed by atoms with Crippen LogP contribution in [0.5, 0.6) is 0 Å². The molecule has 128 valence electrons. The Kier molecular flexibility index (Phi) is 6.53. The van der Waals surface area contributed by atoms with Crippen LogP contribution in [0.3, 0.4) is 0 Å². The van der Waals surface area contributed by atoms with E-state index in [1.54, 1.807) is 30.1 Å². The minimum atomic E-state index is -3.57. The molecule has 2 rings (SSSR count). The van der Waals surface area contributed by atoms with Gasteiger partial charge < -0.3 is 4.90 Å². The van der Waals surface area contributed by atoms with Crippen LogP contribution in [0.25, 0.3) is 0 Å². The number of halogens is 1. The van der Waals surface area contributed by atoms with Crippen molar-refractivity contribution in [3.8, 4) is 0 Å². The molecule has 0 unspecified atom stereocenters. The van der Waals surface area contributed by atoms with Gasteiger partial charge in [-0.2, -0.15) is 0 Å². The van der Waals surface area contributed by atoms with Crippen LogP contribution in [0.4, 0.5) is 0 Å². The zero-order chi connectivity index (χ0) is 17.6. The van der Waals surface area contributed by atoms with E-state index in [0.29, 0.717) is 6.54 Å². The third kappa shape index (κ3) is 5.43. The summed E-state index contributed by atoms with van der Waals surface area (Å²) in [6, 6.07) is 15.8. The third-order valence-corrected chi connectivity index (χ3v) is 5.45. The SMILES string of the molecule is CN(Cc1ccc(Br)cc1)C(=O)CCNS(=O)(=O)c1ccccc1. The number of hydrogen-bond acceptors (Lipinski definition) is 3. The number of carbonyl (C=O) groups excluding carboxylic acids is 1. The highest BCUT2D eigenvalue weighted by Gasteiger charge is 2.15. The number of amides is 1. The van der Waals surface area contributed by atoms with Gasteiger partial charge in [-0.25, -0.2) is 13.1 Å². The van der Waals surface area contributed by atoms with Gasteiger partial charge in [-0.3, -0.25) is 4.79 Å². The highest BCUT2D eigenvalue weighted by atomic mass is 79.9. The van der Waals surface area contributed by atoms with E-state index in [4.69, 9.17) is 0 Å². The normalized spacial score (nSPS) is 11.2. The van der Waals surface area contributed by atoms with Gasteiger partial charge in [0.15, 0.2) is 0 Å². The van der Waals surface area contributed by atoms with E-state index in [0.717, 1.165) is 10.0 Å². The zero-order valence-corrected chi connectivity index (χ0v) is 15.7. The summed E-state index contributed by atoms with van der Waals surface area (Å²) in [6.45, 7) is 0.554. The van der Waals surface area contributed by atoms with E-state index in [1.165, 1.54) is 12.1 Å². The van der Waals surface area contributed by atoms with E-state index in [-0.39, 0.29) is 23.8 Å². The van der Waals surface area contributed by atoms with Crippen molar-refractivity contribution in [1.82, 2.24) is 9.62 Å². The van der Waals surface area contributed by atoms with Crippen LogP contribution in [-0.2, 0) is 21.4 Å². The highest BCUT2D eigenvalue weighted by molar-refractivity contribution is 9.10. The van der Waals surface area contributed by atoms with Gasteiger partial charge in [0, 0.05) is 31.0 Å². The van der Waals surface area contributed by atoms with Gasteiger partial charge in [-0.05, 0) is 29.8 Å². The molecule has 2 aromatic carbocycles. The minimum Gasteiger partial charge on any atom is -0.341 e. The maximum absolute atomic E-state index is 12.1. The van der Waals surface area contributed by atoms with Crippen LogP contribution in [-0.4, -0.2) is 32.8 Å². The van der Waals surface area contributed by atoms with E-state index in [9.17, 15) is 13.2 Å². The predicted molar refractivity (Wildman–Crippen MR) is 96.9 cm³/mol. The number of nitrogens with one attached hydrogen (secondary N) is 1. The van der Waals surface area contributed by atoms with E-state index in [2.05, 4.69) is 20.7 Å². The van der Waals surface area contributed by atoms with Crippen molar-refractivity contribution in [2.45, 2.75) is 17.9 Å². The summed E-state index contributed by atoms with van der Waals surface area (Å²) in [5.74, 6) is -0.117. The first-order valence-corrected chi connectivity index (χ1v) is 9.69. The number of sulfonamides is 1. The maximum Gasteiger partial charge on any atom is 0.240 e. The predicted octanol–water partition coefficient (Wildman–Crippen LogP) is 2.78. The van der Waals surface area contributed by atoms with E-state index in [1.807, 2.05) is 24.3 Å². The van der Waals surface area contributed by atoms with Crippen molar-refractivity contribution < 1.29 is 13.2 Å². The average molecular weight is 411 g/mol. The molecule has 0 aliphatic carbocycles. The fraction of sp³-hybridized carbons (Fsp3) is 0.235. The second-order valence-electron chi connectivity index (χ2n) is 5.34. The lowest BCUT2D eigenvalue weighted by Crippen LogP contribution is -2.31. The maximum atomic E-state index is 12.1. The Balaban J connectivity index is 1.83. The van der Waals surface area contributed by atoms with Crippen LogP contribution in [0.1, 0.15) is 12.0 Å². The lowest BCUT2D eigenvalue weighted by atomic mass is 10.2. The van der Waals surface area contributed by atoms with E-state index < -0.39 is 10.0 Å². The molecule has 0 fully saturated rings. The number of rotatable bonds is 7. The van der Waals surface area contributed by atoms with Gasteiger partial charge in [-0.1, -0.05) is 46.3 Å². The first-order chi connectivity index (χ1) is 11.4. The summed E-state index contributed by atoms with van der Waals surface area (Å²) in [4.78, 5) is 13.9. The number of carbonyl (C=O) groups is 1. The molecule has 0 aromatic heterocycles. The quantitative estimate of drug-likeness (QED) is 0.762. The Morgan fingerprint density at radius 3 is 2.33 bits per heavy atom. The first kappa shape index (κ1) is 18.6. The second-order valence-corrected chi connectivity index (χ2v) is 8.02. The number of benzene rings is 2. The van der Waals surface area contributed by atoms with Crippen molar-refractivity contribution in [2.75, 3.05) is 13.6 Å². The summed E-state index contributed by atoms with van der Waals surface area (Å²) in [5, 5.41) is 0. The van der Waals surface area contributed by atoms with Crippen LogP contribution in [0.15, 0.2) is 64.0 Å². The molecular formula is C17H19BrN2O3S. The number of nitrogens with zero attached hydrogens (tertiary/aromatic N) is 1. The molecule has 0 radical (unpaired) electrons. The molecule has 0 aliphatic rings. The van der Waals surface area contributed by atoms with Crippen LogP contribution < -0.4 is 4.72 Å². The van der Waals surface area contributed by atoms with Crippen LogP contribution >= 0.6 is 15.9 Å². The molecular weight excluding hydrogens is 392 g/mol. The van der Waals surface area contributed by atoms with Crippen molar-refractivity contribution in [3.05, 3.63) is 64.6 Å². The monoisotopic (exact) mass is 410 g/mol. The lowest BCUT2D eigenvalue weighted by Gasteiger charge is -2.17. The first-order valence-electron chi connectivity index (χ1n) is 7.41. The number of hydrogen-bond donors (Lipinski definition) is 1. The van der Waals surface area contributed by atoms with Crippen LogP contribution in [0, 0.1) is 0 Å². The molecule has 2 aromatic rings. The van der Waals surface area contributed by atoms with Gasteiger partial charge in [0.2, 0.25) is 15.9 Å². The minimum absolute atomic E-state index is 0.0702. The van der Waals surface area contributed by atoms with Crippen LogP contribution in [0.2, 0.25) is 0 Å². The fourth-order valence-electron chi connectivity index (χ4n) is 2.12. The molecule has 0 aliphatic heterocycles. The summed E-state index contributed by atoms with van der Waals surface area (Å²) in [5.41, 5.74) is 1.01. The van der Waals surface area contributed by atoms with Gasteiger partial charge >= 0.3 is 0 Å². The Morgan fingerprint density at radius 1 is 1.08 bits per heavy atom. The Bertz CT molecular complexity index is 777. The summed E-state index contributed by atoms with van der Waals surface area (Å²) in [7, 11) is -1.87. The Hall–Kier alpha value is -1.70. The molecule has 1 amide bonds. The molecule has 0 saturated heterocycles. The summed E-state index contributed by atoms with van der Waals surface area (Å²) in [6.07, 6.45) is 0.110. The molecule has 24 heavy (non-hydrogen) atoms. The van der Waals surface area contributed by atoms with Gasteiger partial charge in [0.25, 0.3) is 0 Å². The van der Waals surface area contributed by atoms with Gasteiger partial charge in [-0.15, -0.1) is 0 Å². The second kappa shape index (κ2) is 8.41. The van der Waals surface area contributed by atoms with E-state index >= 15 is 0 Å².